The lowest BCUT2D eigenvalue weighted by atomic mass is 10.1. The van der Waals surface area contributed by atoms with Crippen molar-refractivity contribution in [1.82, 2.24) is 4.98 Å². The van der Waals surface area contributed by atoms with Gasteiger partial charge in [0.05, 0.1) is 12.5 Å². The molecule has 1 aromatic heterocycles. The Bertz CT molecular complexity index is 381. The van der Waals surface area contributed by atoms with Gasteiger partial charge in [0.15, 0.2) is 0 Å². The number of hydrogen-bond donors (Lipinski definition) is 1. The van der Waals surface area contributed by atoms with Crippen LogP contribution in [0.25, 0.3) is 0 Å². The van der Waals surface area contributed by atoms with Gasteiger partial charge in [-0.2, -0.15) is 5.26 Å². The van der Waals surface area contributed by atoms with E-state index in [4.69, 9.17) is 11.0 Å². The van der Waals surface area contributed by atoms with Gasteiger partial charge in [-0.15, -0.1) is 0 Å². The van der Waals surface area contributed by atoms with E-state index in [2.05, 4.69) is 11.1 Å². The Morgan fingerprint density at radius 2 is 2.25 bits per heavy atom. The minimum absolute atomic E-state index is 0.00132. The van der Waals surface area contributed by atoms with E-state index < -0.39 is 0 Å². The van der Waals surface area contributed by atoms with Crippen molar-refractivity contribution in [2.24, 2.45) is 5.73 Å². The van der Waals surface area contributed by atoms with Crippen LogP contribution in [0.3, 0.4) is 0 Å². The van der Waals surface area contributed by atoms with Crippen LogP contribution in [0.15, 0.2) is 18.3 Å². The molecule has 0 spiro atoms. The molecule has 0 amide bonds. The fraction of sp³-hybridized carbons (Fsp3) is 0.500. The molecule has 4 heteroatoms. The number of hydrogen-bond acceptors (Lipinski definition) is 4. The number of anilines is 1. The van der Waals surface area contributed by atoms with Crippen molar-refractivity contribution < 1.29 is 0 Å². The molecule has 0 aromatic carbocycles. The fourth-order valence-corrected chi connectivity index (χ4v) is 1.41. The molecule has 1 rings (SSSR count). The molecule has 86 valence electrons. The summed E-state index contributed by atoms with van der Waals surface area (Å²) in [6.45, 7) is 3.95. The zero-order chi connectivity index (χ0) is 12.1. The lowest BCUT2D eigenvalue weighted by Crippen LogP contribution is -2.29. The van der Waals surface area contributed by atoms with Crippen LogP contribution in [-0.4, -0.2) is 18.1 Å². The number of aromatic nitrogens is 1. The second-order valence-corrected chi connectivity index (χ2v) is 4.06. The Labute approximate surface area is 96.7 Å². The quantitative estimate of drug-likeness (QED) is 0.837. The SMILES string of the molecule is CC(N)c1ccnc(N(C)C(C)CC#N)c1. The summed E-state index contributed by atoms with van der Waals surface area (Å²) in [5.74, 6) is 0.859. The Morgan fingerprint density at radius 1 is 1.56 bits per heavy atom. The predicted octanol–water partition coefficient (Wildman–Crippen LogP) is 1.84. The maximum atomic E-state index is 8.66. The normalized spacial score (nSPS) is 13.9. The van der Waals surface area contributed by atoms with Gasteiger partial charge in [0, 0.05) is 25.3 Å². The molecule has 16 heavy (non-hydrogen) atoms. The van der Waals surface area contributed by atoms with E-state index in [1.807, 2.05) is 37.9 Å². The lowest BCUT2D eigenvalue weighted by Gasteiger charge is -2.24. The summed E-state index contributed by atoms with van der Waals surface area (Å²) in [5, 5.41) is 8.66. The maximum Gasteiger partial charge on any atom is 0.128 e. The summed E-state index contributed by atoms with van der Waals surface area (Å²) in [6, 6.07) is 6.20. The van der Waals surface area contributed by atoms with Crippen LogP contribution in [0, 0.1) is 11.3 Å². The summed E-state index contributed by atoms with van der Waals surface area (Å²) in [6.07, 6.45) is 2.24. The van der Waals surface area contributed by atoms with Gasteiger partial charge in [0.25, 0.3) is 0 Å². The molecule has 0 bridgehead atoms. The van der Waals surface area contributed by atoms with Gasteiger partial charge < -0.3 is 10.6 Å². The Hall–Kier alpha value is -1.60. The molecule has 0 saturated heterocycles. The predicted molar refractivity (Wildman–Crippen MR) is 64.9 cm³/mol. The van der Waals surface area contributed by atoms with Crippen molar-refractivity contribution in [3.63, 3.8) is 0 Å². The highest BCUT2D eigenvalue weighted by molar-refractivity contribution is 5.42. The van der Waals surface area contributed by atoms with Crippen molar-refractivity contribution in [2.45, 2.75) is 32.4 Å². The molecule has 0 fully saturated rings. The van der Waals surface area contributed by atoms with Gasteiger partial charge in [-0.1, -0.05) is 0 Å². The maximum absolute atomic E-state index is 8.66. The van der Waals surface area contributed by atoms with Crippen LogP contribution in [0.1, 0.15) is 31.9 Å². The molecule has 4 nitrogen and oxygen atoms in total. The minimum Gasteiger partial charge on any atom is -0.356 e. The second kappa shape index (κ2) is 5.47. The van der Waals surface area contributed by atoms with Crippen LogP contribution >= 0.6 is 0 Å². The van der Waals surface area contributed by atoms with Crippen molar-refractivity contribution in [3.8, 4) is 6.07 Å². The second-order valence-electron chi connectivity index (χ2n) is 4.06. The molecular weight excluding hydrogens is 200 g/mol. The number of nitriles is 1. The molecule has 2 atom stereocenters. The highest BCUT2D eigenvalue weighted by Crippen LogP contribution is 2.18. The van der Waals surface area contributed by atoms with Gasteiger partial charge >= 0.3 is 0 Å². The first-order valence-corrected chi connectivity index (χ1v) is 5.37. The highest BCUT2D eigenvalue weighted by Gasteiger charge is 2.11. The molecule has 0 aliphatic rings. The summed E-state index contributed by atoms with van der Waals surface area (Å²) < 4.78 is 0. The van der Waals surface area contributed by atoms with Gasteiger partial charge in [-0.25, -0.2) is 4.98 Å². The number of nitrogens with two attached hydrogens (primary N) is 1. The largest absolute Gasteiger partial charge is 0.356 e. The Balaban J connectivity index is 2.87. The van der Waals surface area contributed by atoms with Crippen LogP contribution in [-0.2, 0) is 0 Å². The van der Waals surface area contributed by atoms with E-state index in [1.54, 1.807) is 6.20 Å². The first-order valence-electron chi connectivity index (χ1n) is 5.37. The molecule has 0 radical (unpaired) electrons. The number of rotatable bonds is 4. The average Bonchev–Trinajstić information content (AvgIpc) is 2.28. The molecule has 1 aromatic rings. The number of pyridine rings is 1. The Kier molecular flexibility index (Phi) is 4.27. The van der Waals surface area contributed by atoms with Gasteiger partial charge in [0.1, 0.15) is 5.82 Å². The molecule has 2 unspecified atom stereocenters. The zero-order valence-electron chi connectivity index (χ0n) is 10.0. The van der Waals surface area contributed by atoms with E-state index in [9.17, 15) is 0 Å². The standard InChI is InChI=1S/C12H18N4/c1-9(4-6-13)16(3)12-8-11(10(2)14)5-7-15-12/h5,7-10H,4,14H2,1-3H3. The number of nitrogens with zero attached hydrogens (tertiary/aromatic N) is 3. The molecule has 1 heterocycles. The topological polar surface area (TPSA) is 65.9 Å². The first kappa shape index (κ1) is 12.5. The minimum atomic E-state index is 0.00132. The van der Waals surface area contributed by atoms with Gasteiger partial charge in [-0.3, -0.25) is 0 Å². The summed E-state index contributed by atoms with van der Waals surface area (Å²) >= 11 is 0. The zero-order valence-corrected chi connectivity index (χ0v) is 10.0. The third kappa shape index (κ3) is 2.94. The summed E-state index contributed by atoms with van der Waals surface area (Å²) in [4.78, 5) is 6.28. The van der Waals surface area contributed by atoms with Crippen LogP contribution in [0.2, 0.25) is 0 Å². The van der Waals surface area contributed by atoms with E-state index in [1.165, 1.54) is 0 Å². The molecule has 2 N–H and O–H groups in total. The van der Waals surface area contributed by atoms with E-state index >= 15 is 0 Å². The third-order valence-electron chi connectivity index (χ3n) is 2.70. The smallest absolute Gasteiger partial charge is 0.128 e. The van der Waals surface area contributed by atoms with Crippen molar-refractivity contribution in [3.05, 3.63) is 23.9 Å². The van der Waals surface area contributed by atoms with E-state index in [-0.39, 0.29) is 12.1 Å². The summed E-state index contributed by atoms with van der Waals surface area (Å²) in [5.41, 5.74) is 6.88. The molecule has 0 aliphatic heterocycles. The van der Waals surface area contributed by atoms with Crippen molar-refractivity contribution in [1.29, 1.82) is 5.26 Å². The Morgan fingerprint density at radius 3 is 2.81 bits per heavy atom. The summed E-state index contributed by atoms with van der Waals surface area (Å²) in [7, 11) is 1.94. The van der Waals surface area contributed by atoms with Crippen molar-refractivity contribution >= 4 is 5.82 Å². The lowest BCUT2D eigenvalue weighted by molar-refractivity contribution is 0.691. The monoisotopic (exact) mass is 218 g/mol. The highest BCUT2D eigenvalue weighted by atomic mass is 15.2. The molecule has 0 aliphatic carbocycles. The van der Waals surface area contributed by atoms with Crippen LogP contribution in [0.5, 0.6) is 0 Å². The molecule has 0 saturated carbocycles. The first-order chi connectivity index (χ1) is 7.56. The van der Waals surface area contributed by atoms with Gasteiger partial charge in [0.2, 0.25) is 0 Å². The van der Waals surface area contributed by atoms with Crippen molar-refractivity contribution in [2.75, 3.05) is 11.9 Å². The van der Waals surface area contributed by atoms with E-state index in [0.717, 1.165) is 11.4 Å². The third-order valence-corrected chi connectivity index (χ3v) is 2.70. The average molecular weight is 218 g/mol. The fourth-order valence-electron chi connectivity index (χ4n) is 1.41. The van der Waals surface area contributed by atoms with Crippen LogP contribution < -0.4 is 10.6 Å². The molecular formula is C12H18N4. The van der Waals surface area contributed by atoms with Gasteiger partial charge in [-0.05, 0) is 31.5 Å². The van der Waals surface area contributed by atoms with Crippen LogP contribution in [0.4, 0.5) is 5.82 Å². The van der Waals surface area contributed by atoms with E-state index in [0.29, 0.717) is 6.42 Å².